The lowest BCUT2D eigenvalue weighted by atomic mass is 10.1. The van der Waals surface area contributed by atoms with Crippen LogP contribution in [-0.4, -0.2) is 30.7 Å². The zero-order valence-corrected chi connectivity index (χ0v) is 14.8. The van der Waals surface area contributed by atoms with E-state index in [1.807, 2.05) is 24.3 Å². The lowest BCUT2D eigenvalue weighted by Crippen LogP contribution is -2.17. The molecular formula is C18H14ClN7O. The number of fused-ring (bicyclic) bond motifs is 2. The van der Waals surface area contributed by atoms with Gasteiger partial charge in [0.1, 0.15) is 5.82 Å². The SMILES string of the molecule is NC(=O)c1cc2nc(N3Cc4ccc(Cl)cc4C3)cc(-c3cn[nH]c3)n2n1. The Hall–Kier alpha value is -3.39. The summed E-state index contributed by atoms with van der Waals surface area (Å²) in [7, 11) is 0. The first-order valence-corrected chi connectivity index (χ1v) is 8.68. The van der Waals surface area contributed by atoms with E-state index in [0.29, 0.717) is 12.2 Å². The van der Waals surface area contributed by atoms with Gasteiger partial charge in [-0.05, 0) is 23.3 Å². The second-order valence-electron chi connectivity index (χ2n) is 6.42. The molecular weight excluding hydrogens is 366 g/mol. The standard InChI is InChI=1S/C18H14ClN7O/c19-13-2-1-10-8-25(9-11(10)3-13)16-5-15(12-6-21-22-7-12)26-17(23-16)4-14(24-26)18(20)27/h1-7H,8-9H2,(H2,20,27)(H,21,22). The van der Waals surface area contributed by atoms with Crippen LogP contribution < -0.4 is 10.6 Å². The molecule has 0 aliphatic carbocycles. The lowest BCUT2D eigenvalue weighted by molar-refractivity contribution is 0.0995. The molecule has 0 saturated heterocycles. The highest BCUT2D eigenvalue weighted by Gasteiger charge is 2.23. The van der Waals surface area contributed by atoms with Crippen molar-refractivity contribution in [3.05, 3.63) is 64.6 Å². The van der Waals surface area contributed by atoms with E-state index < -0.39 is 5.91 Å². The number of carbonyl (C=O) groups is 1. The van der Waals surface area contributed by atoms with Crippen LogP contribution in [0.2, 0.25) is 5.02 Å². The number of halogens is 1. The van der Waals surface area contributed by atoms with Gasteiger partial charge < -0.3 is 10.6 Å². The molecule has 0 saturated carbocycles. The highest BCUT2D eigenvalue weighted by molar-refractivity contribution is 6.30. The number of aromatic nitrogens is 5. The van der Waals surface area contributed by atoms with E-state index in [-0.39, 0.29) is 5.69 Å². The minimum Gasteiger partial charge on any atom is -0.364 e. The van der Waals surface area contributed by atoms with Crippen LogP contribution >= 0.6 is 11.6 Å². The summed E-state index contributed by atoms with van der Waals surface area (Å²) in [5.41, 5.74) is 10.1. The summed E-state index contributed by atoms with van der Waals surface area (Å²) in [5, 5.41) is 11.8. The molecule has 0 radical (unpaired) electrons. The molecule has 1 aromatic carbocycles. The normalized spacial score (nSPS) is 13.3. The average molecular weight is 380 g/mol. The van der Waals surface area contributed by atoms with Crippen LogP contribution in [0.25, 0.3) is 16.9 Å². The van der Waals surface area contributed by atoms with Crippen molar-refractivity contribution in [3.8, 4) is 11.3 Å². The van der Waals surface area contributed by atoms with Crippen molar-refractivity contribution in [1.82, 2.24) is 24.8 Å². The van der Waals surface area contributed by atoms with E-state index in [1.54, 1.807) is 23.0 Å². The molecule has 8 nitrogen and oxygen atoms in total. The zero-order chi connectivity index (χ0) is 18.5. The Morgan fingerprint density at radius 3 is 2.81 bits per heavy atom. The van der Waals surface area contributed by atoms with Crippen LogP contribution in [0.4, 0.5) is 5.82 Å². The lowest BCUT2D eigenvalue weighted by Gasteiger charge is -2.17. The fourth-order valence-electron chi connectivity index (χ4n) is 3.37. The Kier molecular flexibility index (Phi) is 3.41. The van der Waals surface area contributed by atoms with Gasteiger partial charge in [-0.25, -0.2) is 9.50 Å². The van der Waals surface area contributed by atoms with Gasteiger partial charge in [0.2, 0.25) is 0 Å². The summed E-state index contributed by atoms with van der Waals surface area (Å²) in [6.45, 7) is 1.44. The minimum absolute atomic E-state index is 0.167. The molecule has 0 unspecified atom stereocenters. The zero-order valence-electron chi connectivity index (χ0n) is 14.1. The van der Waals surface area contributed by atoms with E-state index in [0.717, 1.165) is 28.6 Å². The summed E-state index contributed by atoms with van der Waals surface area (Å²) < 4.78 is 1.61. The van der Waals surface area contributed by atoms with Gasteiger partial charge in [0.25, 0.3) is 5.91 Å². The maximum atomic E-state index is 11.6. The molecule has 9 heteroatoms. The summed E-state index contributed by atoms with van der Waals surface area (Å²) in [5.74, 6) is 0.186. The van der Waals surface area contributed by atoms with Gasteiger partial charge in [-0.2, -0.15) is 10.2 Å². The van der Waals surface area contributed by atoms with Crippen LogP contribution in [0.5, 0.6) is 0 Å². The highest BCUT2D eigenvalue weighted by Crippen LogP contribution is 2.31. The van der Waals surface area contributed by atoms with Crippen molar-refractivity contribution in [1.29, 1.82) is 0 Å². The number of primary amides is 1. The number of anilines is 1. The molecule has 134 valence electrons. The Labute approximate surface area is 158 Å². The number of benzene rings is 1. The monoisotopic (exact) mass is 379 g/mol. The van der Waals surface area contributed by atoms with Crippen molar-refractivity contribution in [2.75, 3.05) is 4.90 Å². The first kappa shape index (κ1) is 15.8. The van der Waals surface area contributed by atoms with Gasteiger partial charge in [0.05, 0.1) is 11.9 Å². The van der Waals surface area contributed by atoms with Crippen molar-refractivity contribution in [2.24, 2.45) is 5.73 Å². The summed E-state index contributed by atoms with van der Waals surface area (Å²) >= 11 is 6.12. The van der Waals surface area contributed by atoms with Gasteiger partial charge in [-0.3, -0.25) is 9.89 Å². The molecule has 0 atom stereocenters. The van der Waals surface area contributed by atoms with Crippen LogP contribution in [0.3, 0.4) is 0 Å². The number of aromatic amines is 1. The van der Waals surface area contributed by atoms with Crippen LogP contribution in [0.1, 0.15) is 21.6 Å². The molecule has 4 heterocycles. The largest absolute Gasteiger partial charge is 0.364 e. The van der Waals surface area contributed by atoms with Gasteiger partial charge in [-0.15, -0.1) is 0 Å². The first-order chi connectivity index (χ1) is 13.1. The minimum atomic E-state index is -0.594. The fraction of sp³-hybridized carbons (Fsp3) is 0.111. The van der Waals surface area contributed by atoms with Gasteiger partial charge >= 0.3 is 0 Å². The number of carbonyl (C=O) groups excluding carboxylic acids is 1. The van der Waals surface area contributed by atoms with Crippen molar-refractivity contribution in [2.45, 2.75) is 13.1 Å². The third-order valence-corrected chi connectivity index (χ3v) is 4.91. The average Bonchev–Trinajstić information content (AvgIpc) is 3.38. The topological polar surface area (TPSA) is 105 Å². The smallest absolute Gasteiger partial charge is 0.269 e. The molecule has 1 aliphatic rings. The maximum absolute atomic E-state index is 11.6. The summed E-state index contributed by atoms with van der Waals surface area (Å²) in [6, 6.07) is 9.44. The van der Waals surface area contributed by atoms with E-state index in [9.17, 15) is 4.79 Å². The van der Waals surface area contributed by atoms with Crippen LogP contribution in [-0.2, 0) is 13.1 Å². The number of rotatable bonds is 3. The summed E-state index contributed by atoms with van der Waals surface area (Å²) in [4.78, 5) is 18.4. The van der Waals surface area contributed by atoms with Gasteiger partial charge in [0, 0.05) is 42.0 Å². The third-order valence-electron chi connectivity index (χ3n) is 4.67. The Balaban J connectivity index is 1.64. The van der Waals surface area contributed by atoms with Crippen molar-refractivity contribution in [3.63, 3.8) is 0 Å². The molecule has 5 rings (SSSR count). The molecule has 4 aromatic rings. The molecule has 0 spiro atoms. The van der Waals surface area contributed by atoms with E-state index in [2.05, 4.69) is 20.2 Å². The third kappa shape index (κ3) is 2.61. The second kappa shape index (κ2) is 5.82. The second-order valence-corrected chi connectivity index (χ2v) is 6.86. The van der Waals surface area contributed by atoms with E-state index in [1.165, 1.54) is 11.1 Å². The quantitative estimate of drug-likeness (QED) is 0.568. The number of nitrogens with zero attached hydrogens (tertiary/aromatic N) is 5. The van der Waals surface area contributed by atoms with Crippen LogP contribution in [0.15, 0.2) is 42.7 Å². The van der Waals surface area contributed by atoms with Crippen molar-refractivity contribution < 1.29 is 4.79 Å². The van der Waals surface area contributed by atoms with E-state index in [4.69, 9.17) is 22.3 Å². The fourth-order valence-corrected chi connectivity index (χ4v) is 3.56. The molecule has 27 heavy (non-hydrogen) atoms. The number of amides is 1. The van der Waals surface area contributed by atoms with Crippen LogP contribution in [0, 0.1) is 0 Å². The Bertz CT molecular complexity index is 1180. The Morgan fingerprint density at radius 2 is 2.04 bits per heavy atom. The van der Waals surface area contributed by atoms with E-state index >= 15 is 0 Å². The molecule has 0 fully saturated rings. The molecule has 1 amide bonds. The number of nitrogens with one attached hydrogen (secondary N) is 1. The molecule has 0 bridgehead atoms. The Morgan fingerprint density at radius 1 is 1.19 bits per heavy atom. The number of H-pyrrole nitrogens is 1. The first-order valence-electron chi connectivity index (χ1n) is 8.30. The van der Waals surface area contributed by atoms with Gasteiger partial charge in [0.15, 0.2) is 11.3 Å². The number of hydrogen-bond acceptors (Lipinski definition) is 5. The van der Waals surface area contributed by atoms with Crippen molar-refractivity contribution >= 4 is 29.0 Å². The predicted molar refractivity (Wildman–Crippen MR) is 100 cm³/mol. The maximum Gasteiger partial charge on any atom is 0.269 e. The summed E-state index contributed by atoms with van der Waals surface area (Å²) in [6.07, 6.45) is 3.46. The highest BCUT2D eigenvalue weighted by atomic mass is 35.5. The molecule has 3 N–H and O–H groups in total. The number of hydrogen-bond donors (Lipinski definition) is 2. The molecule has 3 aromatic heterocycles. The molecule has 1 aliphatic heterocycles. The predicted octanol–water partition coefficient (Wildman–Crippen LogP) is 2.39. The number of nitrogens with two attached hydrogens (primary N) is 1. The van der Waals surface area contributed by atoms with Gasteiger partial charge in [-0.1, -0.05) is 17.7 Å².